The third-order valence-electron chi connectivity index (χ3n) is 4.92. The number of unbranched alkanes of at least 4 members (excludes halogenated alkanes) is 1. The third-order valence-corrected chi connectivity index (χ3v) is 4.92. The first kappa shape index (κ1) is 20.1. The summed E-state index contributed by atoms with van der Waals surface area (Å²) in [5.74, 6) is 0.324. The second kappa shape index (κ2) is 9.51. The van der Waals surface area contributed by atoms with Crippen LogP contribution >= 0.6 is 0 Å². The summed E-state index contributed by atoms with van der Waals surface area (Å²) in [5, 5.41) is 0. The van der Waals surface area contributed by atoms with Crippen LogP contribution in [-0.2, 0) is 9.53 Å². The highest BCUT2D eigenvalue weighted by Crippen LogP contribution is 2.41. The lowest BCUT2D eigenvalue weighted by Gasteiger charge is -2.27. The number of carbonyl (C=O) groups excluding carboxylic acids is 2. The maximum Gasteiger partial charge on any atom is 0.318 e. The van der Waals surface area contributed by atoms with Crippen molar-refractivity contribution >= 4 is 17.5 Å². The lowest BCUT2D eigenvalue weighted by Crippen LogP contribution is -2.39. The zero-order valence-electron chi connectivity index (χ0n) is 16.0. The Bertz CT molecular complexity index is 650. The molecule has 0 saturated heterocycles. The van der Waals surface area contributed by atoms with Crippen molar-refractivity contribution in [2.75, 3.05) is 20.3 Å². The van der Waals surface area contributed by atoms with Crippen LogP contribution in [0.15, 0.2) is 29.3 Å². The summed E-state index contributed by atoms with van der Waals surface area (Å²) in [7, 11) is 1.59. The largest absolute Gasteiger partial charge is 0.497 e. The lowest BCUT2D eigenvalue weighted by molar-refractivity contribution is -0.151. The fraction of sp³-hybridized carbons (Fsp3) is 0.571. The molecule has 0 aliphatic heterocycles. The molecule has 0 radical (unpaired) electrons. The van der Waals surface area contributed by atoms with Gasteiger partial charge in [0.25, 0.3) is 0 Å². The van der Waals surface area contributed by atoms with Crippen LogP contribution in [-0.4, -0.2) is 37.7 Å². The highest BCUT2D eigenvalue weighted by molar-refractivity contribution is 6.12. The molecule has 1 aliphatic rings. The van der Waals surface area contributed by atoms with Crippen LogP contribution in [0.4, 0.5) is 0 Å². The molecule has 1 aromatic rings. The number of carbonyl (C=O) groups is 2. The number of aliphatic imine (C=N–C) groups is 1. The van der Waals surface area contributed by atoms with Gasteiger partial charge in [0.05, 0.1) is 13.7 Å². The normalized spacial score (nSPS) is 21.0. The Morgan fingerprint density at radius 1 is 1.19 bits per heavy atom. The number of hydrogen-bond acceptors (Lipinski definition) is 5. The minimum Gasteiger partial charge on any atom is -0.497 e. The molecule has 1 aliphatic carbocycles. The highest BCUT2D eigenvalue weighted by Gasteiger charge is 2.49. The predicted molar refractivity (Wildman–Crippen MR) is 102 cm³/mol. The van der Waals surface area contributed by atoms with Crippen molar-refractivity contribution in [3.8, 4) is 5.75 Å². The maximum atomic E-state index is 12.9. The van der Waals surface area contributed by atoms with Gasteiger partial charge in [-0.15, -0.1) is 0 Å². The molecule has 0 spiro atoms. The summed E-state index contributed by atoms with van der Waals surface area (Å²) in [4.78, 5) is 30.4. The van der Waals surface area contributed by atoms with E-state index in [9.17, 15) is 9.59 Å². The topological polar surface area (TPSA) is 65.0 Å². The zero-order valence-corrected chi connectivity index (χ0v) is 16.0. The second-order valence-corrected chi connectivity index (χ2v) is 6.67. The van der Waals surface area contributed by atoms with Gasteiger partial charge in [0.2, 0.25) is 0 Å². The van der Waals surface area contributed by atoms with Crippen molar-refractivity contribution in [2.45, 2.75) is 52.4 Å². The molecule has 142 valence electrons. The van der Waals surface area contributed by atoms with Gasteiger partial charge in [-0.1, -0.05) is 13.3 Å². The molecule has 2 rings (SSSR count). The van der Waals surface area contributed by atoms with E-state index in [1.54, 1.807) is 38.3 Å². The van der Waals surface area contributed by atoms with Crippen LogP contribution in [0.5, 0.6) is 5.75 Å². The standard InChI is InChI=1S/C21H29NO4/c1-4-6-14-22-19-8-7-13-21(19,20(24)26-5-2)15-18(23)16-9-11-17(25-3)12-10-16/h9-12H,4-8,13-15H2,1-3H3. The first-order valence-electron chi connectivity index (χ1n) is 9.45. The molecular formula is C21H29NO4. The Morgan fingerprint density at radius 3 is 2.54 bits per heavy atom. The molecule has 0 heterocycles. The summed E-state index contributed by atoms with van der Waals surface area (Å²) < 4.78 is 10.5. The molecule has 1 aromatic carbocycles. The fourth-order valence-electron chi connectivity index (χ4n) is 3.45. The van der Waals surface area contributed by atoms with E-state index in [2.05, 4.69) is 11.9 Å². The smallest absolute Gasteiger partial charge is 0.318 e. The van der Waals surface area contributed by atoms with Crippen LogP contribution in [0.3, 0.4) is 0 Å². The SMILES string of the molecule is CCCCN=C1CCCC1(CC(=O)c1ccc(OC)cc1)C(=O)OCC. The molecule has 1 atom stereocenters. The molecule has 1 unspecified atom stereocenters. The number of benzene rings is 1. The van der Waals surface area contributed by atoms with Gasteiger partial charge < -0.3 is 9.47 Å². The minimum absolute atomic E-state index is 0.0641. The van der Waals surface area contributed by atoms with E-state index in [1.165, 1.54) is 0 Å². The summed E-state index contributed by atoms with van der Waals surface area (Å²) in [6.07, 6.45) is 4.39. The molecule has 0 bridgehead atoms. The van der Waals surface area contributed by atoms with E-state index in [0.29, 0.717) is 30.9 Å². The van der Waals surface area contributed by atoms with Crippen molar-refractivity contribution in [3.05, 3.63) is 29.8 Å². The molecule has 1 saturated carbocycles. The molecule has 0 amide bonds. The monoisotopic (exact) mass is 359 g/mol. The van der Waals surface area contributed by atoms with Gasteiger partial charge in [-0.2, -0.15) is 0 Å². The molecule has 0 N–H and O–H groups in total. The van der Waals surface area contributed by atoms with Gasteiger partial charge in [-0.25, -0.2) is 0 Å². The van der Waals surface area contributed by atoms with Crippen LogP contribution in [0, 0.1) is 5.41 Å². The molecule has 0 aromatic heterocycles. The maximum absolute atomic E-state index is 12.9. The lowest BCUT2D eigenvalue weighted by atomic mass is 9.78. The average Bonchev–Trinajstić information content (AvgIpc) is 3.06. The molecule has 5 heteroatoms. The fourth-order valence-corrected chi connectivity index (χ4v) is 3.45. The van der Waals surface area contributed by atoms with E-state index in [0.717, 1.165) is 31.4 Å². The first-order valence-corrected chi connectivity index (χ1v) is 9.45. The van der Waals surface area contributed by atoms with E-state index >= 15 is 0 Å². The summed E-state index contributed by atoms with van der Waals surface area (Å²) in [5.41, 5.74) is 0.515. The number of esters is 1. The predicted octanol–water partition coefficient (Wildman–Crippen LogP) is 4.24. The van der Waals surface area contributed by atoms with Crippen LogP contribution in [0.1, 0.15) is 62.7 Å². The van der Waals surface area contributed by atoms with Crippen LogP contribution in [0.25, 0.3) is 0 Å². The Balaban J connectivity index is 2.27. The number of rotatable bonds is 9. The third kappa shape index (κ3) is 4.51. The van der Waals surface area contributed by atoms with E-state index in [1.807, 2.05) is 0 Å². The number of ether oxygens (including phenoxy) is 2. The van der Waals surface area contributed by atoms with Crippen LogP contribution < -0.4 is 4.74 Å². The number of ketones is 1. The Morgan fingerprint density at radius 2 is 1.92 bits per heavy atom. The molecule has 5 nitrogen and oxygen atoms in total. The Hall–Kier alpha value is -2.17. The van der Waals surface area contributed by atoms with Crippen molar-refractivity contribution in [1.29, 1.82) is 0 Å². The number of nitrogens with zero attached hydrogens (tertiary/aromatic N) is 1. The van der Waals surface area contributed by atoms with E-state index < -0.39 is 5.41 Å². The van der Waals surface area contributed by atoms with Crippen molar-refractivity contribution in [2.24, 2.45) is 10.4 Å². The molecule has 26 heavy (non-hydrogen) atoms. The average molecular weight is 359 g/mol. The van der Waals surface area contributed by atoms with E-state index in [4.69, 9.17) is 9.47 Å². The number of methoxy groups -OCH3 is 1. The summed E-state index contributed by atoms with van der Waals surface area (Å²) in [6.45, 7) is 4.91. The summed E-state index contributed by atoms with van der Waals surface area (Å²) >= 11 is 0. The number of hydrogen-bond donors (Lipinski definition) is 0. The van der Waals surface area contributed by atoms with Crippen molar-refractivity contribution in [3.63, 3.8) is 0 Å². The van der Waals surface area contributed by atoms with Gasteiger partial charge in [-0.05, 0) is 56.9 Å². The van der Waals surface area contributed by atoms with Crippen molar-refractivity contribution in [1.82, 2.24) is 0 Å². The molecular weight excluding hydrogens is 330 g/mol. The van der Waals surface area contributed by atoms with E-state index in [-0.39, 0.29) is 18.2 Å². The zero-order chi connectivity index (χ0) is 19.0. The molecule has 1 fully saturated rings. The minimum atomic E-state index is -0.902. The second-order valence-electron chi connectivity index (χ2n) is 6.67. The number of Topliss-reactive ketones (excluding diaryl/α,β-unsaturated/α-hetero) is 1. The van der Waals surface area contributed by atoms with Gasteiger partial charge in [0, 0.05) is 24.2 Å². The van der Waals surface area contributed by atoms with Gasteiger partial charge in [0.15, 0.2) is 5.78 Å². The summed E-state index contributed by atoms with van der Waals surface area (Å²) in [6, 6.07) is 7.00. The van der Waals surface area contributed by atoms with Crippen LogP contribution in [0.2, 0.25) is 0 Å². The van der Waals surface area contributed by atoms with Gasteiger partial charge in [-0.3, -0.25) is 14.6 Å². The Labute approximate surface area is 155 Å². The van der Waals surface area contributed by atoms with Crippen molar-refractivity contribution < 1.29 is 19.1 Å². The quantitative estimate of drug-likeness (QED) is 0.376. The first-order chi connectivity index (χ1) is 12.6. The Kier molecular flexibility index (Phi) is 7.37. The van der Waals surface area contributed by atoms with Gasteiger partial charge >= 0.3 is 5.97 Å². The highest BCUT2D eigenvalue weighted by atomic mass is 16.5. The van der Waals surface area contributed by atoms with Gasteiger partial charge in [0.1, 0.15) is 11.2 Å².